The van der Waals surface area contributed by atoms with Gasteiger partial charge in [-0.1, -0.05) is 20.8 Å². The van der Waals surface area contributed by atoms with E-state index in [1.807, 2.05) is 0 Å². The molecule has 0 spiro atoms. The second-order valence-electron chi connectivity index (χ2n) is 5.09. The lowest BCUT2D eigenvalue weighted by atomic mass is 9.81. The lowest BCUT2D eigenvalue weighted by molar-refractivity contribution is 0.117. The Morgan fingerprint density at radius 2 is 2.00 bits per heavy atom. The summed E-state index contributed by atoms with van der Waals surface area (Å²) in [7, 11) is 0.829. The van der Waals surface area contributed by atoms with E-state index in [-0.39, 0.29) is 5.41 Å². The van der Waals surface area contributed by atoms with Gasteiger partial charge in [0.1, 0.15) is 0 Å². The first-order valence-corrected chi connectivity index (χ1v) is 6.51. The SMILES string of the molecule is CN(C)[P@@]1(=O)NC[C@@H](C(C)(C)C)CO1. The highest BCUT2D eigenvalue weighted by Crippen LogP contribution is 2.48. The van der Waals surface area contributed by atoms with E-state index in [2.05, 4.69) is 25.9 Å². The normalized spacial score (nSPS) is 34.9. The molecule has 0 aromatic rings. The van der Waals surface area contributed by atoms with Crippen LogP contribution in [0.1, 0.15) is 20.8 Å². The van der Waals surface area contributed by atoms with E-state index in [9.17, 15) is 4.57 Å². The first kappa shape index (κ1) is 12.2. The van der Waals surface area contributed by atoms with E-state index < -0.39 is 7.67 Å². The summed E-state index contributed by atoms with van der Waals surface area (Å²) in [6.45, 7) is 7.86. The van der Waals surface area contributed by atoms with Crippen molar-refractivity contribution in [2.45, 2.75) is 20.8 Å². The van der Waals surface area contributed by atoms with Crippen molar-refractivity contribution >= 4 is 7.67 Å². The fourth-order valence-corrected chi connectivity index (χ4v) is 2.77. The summed E-state index contributed by atoms with van der Waals surface area (Å²) in [5.74, 6) is 0.421. The summed E-state index contributed by atoms with van der Waals surface area (Å²) in [5, 5.41) is 3.01. The topological polar surface area (TPSA) is 41.6 Å². The van der Waals surface area contributed by atoms with Crippen molar-refractivity contribution in [3.8, 4) is 0 Å². The van der Waals surface area contributed by atoms with Crippen molar-refractivity contribution in [2.24, 2.45) is 11.3 Å². The molecule has 0 aliphatic carbocycles. The molecule has 0 aromatic carbocycles. The Labute approximate surface area is 86.6 Å². The van der Waals surface area contributed by atoms with Crippen molar-refractivity contribution in [3.63, 3.8) is 0 Å². The van der Waals surface area contributed by atoms with Crippen LogP contribution in [0.25, 0.3) is 0 Å². The Hall–Kier alpha value is 0.110. The molecule has 0 unspecified atom stereocenters. The summed E-state index contributed by atoms with van der Waals surface area (Å²) >= 11 is 0. The summed E-state index contributed by atoms with van der Waals surface area (Å²) < 4.78 is 19.1. The smallest absolute Gasteiger partial charge is 0.306 e. The fraction of sp³-hybridized carbons (Fsp3) is 1.00. The van der Waals surface area contributed by atoms with Gasteiger partial charge >= 0.3 is 7.67 Å². The van der Waals surface area contributed by atoms with Crippen LogP contribution >= 0.6 is 7.67 Å². The van der Waals surface area contributed by atoms with Gasteiger partial charge in [0.15, 0.2) is 0 Å². The summed E-state index contributed by atoms with van der Waals surface area (Å²) in [6, 6.07) is 0. The van der Waals surface area contributed by atoms with Gasteiger partial charge in [0.05, 0.1) is 6.61 Å². The Kier molecular flexibility index (Phi) is 3.42. The van der Waals surface area contributed by atoms with Gasteiger partial charge in [0.2, 0.25) is 0 Å². The molecule has 0 saturated carbocycles. The maximum atomic E-state index is 12.0. The van der Waals surface area contributed by atoms with E-state index in [0.717, 1.165) is 6.54 Å². The van der Waals surface area contributed by atoms with Crippen LogP contribution in [0.5, 0.6) is 0 Å². The van der Waals surface area contributed by atoms with Crippen LogP contribution in [0.2, 0.25) is 0 Å². The molecule has 84 valence electrons. The van der Waals surface area contributed by atoms with Gasteiger partial charge in [0, 0.05) is 12.5 Å². The maximum Gasteiger partial charge on any atom is 0.342 e. The highest BCUT2D eigenvalue weighted by Gasteiger charge is 2.37. The molecule has 1 N–H and O–H groups in total. The molecule has 14 heavy (non-hydrogen) atoms. The molecule has 0 amide bonds. The van der Waals surface area contributed by atoms with Crippen molar-refractivity contribution in [1.29, 1.82) is 0 Å². The number of nitrogens with zero attached hydrogens (tertiary/aromatic N) is 1. The lowest BCUT2D eigenvalue weighted by Crippen LogP contribution is -2.41. The zero-order valence-electron chi connectivity index (χ0n) is 9.70. The molecule has 1 rings (SSSR count). The Bertz CT molecular complexity index is 236. The second kappa shape index (κ2) is 3.93. The zero-order valence-corrected chi connectivity index (χ0v) is 10.6. The predicted octanol–water partition coefficient (Wildman–Crippen LogP) is 1.94. The maximum absolute atomic E-state index is 12.0. The highest BCUT2D eigenvalue weighted by atomic mass is 31.2. The number of hydrogen-bond acceptors (Lipinski definition) is 2. The van der Waals surface area contributed by atoms with E-state index in [4.69, 9.17) is 4.52 Å². The molecule has 0 bridgehead atoms. The summed E-state index contributed by atoms with van der Waals surface area (Å²) in [4.78, 5) is 0. The van der Waals surface area contributed by atoms with E-state index in [1.165, 1.54) is 0 Å². The fourth-order valence-electron chi connectivity index (χ4n) is 1.33. The Morgan fingerprint density at radius 1 is 1.43 bits per heavy atom. The van der Waals surface area contributed by atoms with Gasteiger partial charge in [-0.25, -0.2) is 9.76 Å². The Morgan fingerprint density at radius 3 is 2.29 bits per heavy atom. The average molecular weight is 220 g/mol. The minimum Gasteiger partial charge on any atom is -0.306 e. The predicted molar refractivity (Wildman–Crippen MR) is 58.2 cm³/mol. The molecular formula is C9H21N2O2P. The molecule has 1 fully saturated rings. The molecule has 5 heteroatoms. The van der Waals surface area contributed by atoms with Gasteiger partial charge in [-0.15, -0.1) is 0 Å². The highest BCUT2D eigenvalue weighted by molar-refractivity contribution is 7.54. The molecule has 0 aromatic heterocycles. The van der Waals surface area contributed by atoms with Gasteiger partial charge in [-0.05, 0) is 19.5 Å². The quantitative estimate of drug-likeness (QED) is 0.686. The van der Waals surface area contributed by atoms with Gasteiger partial charge < -0.3 is 4.52 Å². The zero-order chi connectivity index (χ0) is 11.0. The van der Waals surface area contributed by atoms with Crippen LogP contribution in [0.15, 0.2) is 0 Å². The van der Waals surface area contributed by atoms with Crippen molar-refractivity contribution in [2.75, 3.05) is 27.2 Å². The van der Waals surface area contributed by atoms with E-state index in [1.54, 1.807) is 18.8 Å². The molecule has 2 atom stereocenters. The van der Waals surface area contributed by atoms with Crippen molar-refractivity contribution in [3.05, 3.63) is 0 Å². The molecule has 1 aliphatic heterocycles. The minimum atomic E-state index is -2.71. The number of nitrogens with one attached hydrogen (secondary N) is 1. The van der Waals surface area contributed by atoms with Crippen LogP contribution in [-0.2, 0) is 9.09 Å². The first-order valence-electron chi connectivity index (χ1n) is 4.93. The largest absolute Gasteiger partial charge is 0.342 e. The third-order valence-electron chi connectivity index (χ3n) is 2.74. The van der Waals surface area contributed by atoms with Crippen molar-refractivity contribution in [1.82, 2.24) is 9.76 Å². The average Bonchev–Trinajstić information content (AvgIpc) is 2.03. The van der Waals surface area contributed by atoms with E-state index in [0.29, 0.717) is 12.5 Å². The van der Waals surface area contributed by atoms with Crippen molar-refractivity contribution < 1.29 is 9.09 Å². The standard InChI is InChI=1S/C9H21N2O2P/c1-9(2,3)8-6-10-14(12,11(4)5)13-7-8/h8H,6-7H2,1-5H3,(H,10,12)/t8-,14-/m1/s1. The first-order chi connectivity index (χ1) is 6.26. The van der Waals surface area contributed by atoms with Crippen LogP contribution in [0.3, 0.4) is 0 Å². The molecule has 1 heterocycles. The Balaban J connectivity index is 2.59. The molecule has 0 radical (unpaired) electrons. The van der Waals surface area contributed by atoms with Crippen LogP contribution < -0.4 is 5.09 Å². The number of hydrogen-bond donors (Lipinski definition) is 1. The molecule has 1 saturated heterocycles. The van der Waals surface area contributed by atoms with Gasteiger partial charge in [-0.2, -0.15) is 0 Å². The van der Waals surface area contributed by atoms with Gasteiger partial charge in [0.25, 0.3) is 0 Å². The van der Waals surface area contributed by atoms with Crippen LogP contribution in [-0.4, -0.2) is 31.9 Å². The number of rotatable bonds is 1. The summed E-state index contributed by atoms with van der Waals surface area (Å²) in [6.07, 6.45) is 0. The molecular weight excluding hydrogens is 199 g/mol. The van der Waals surface area contributed by atoms with Gasteiger partial charge in [-0.3, -0.25) is 4.57 Å². The monoisotopic (exact) mass is 220 g/mol. The third kappa shape index (κ3) is 2.57. The lowest BCUT2D eigenvalue weighted by Gasteiger charge is -2.38. The third-order valence-corrected chi connectivity index (χ3v) is 4.87. The summed E-state index contributed by atoms with van der Waals surface area (Å²) in [5.41, 5.74) is 0.199. The van der Waals surface area contributed by atoms with Crippen LogP contribution in [0, 0.1) is 11.3 Å². The van der Waals surface area contributed by atoms with Crippen LogP contribution in [0.4, 0.5) is 0 Å². The van der Waals surface area contributed by atoms with E-state index >= 15 is 0 Å². The molecule has 4 nitrogen and oxygen atoms in total. The molecule has 1 aliphatic rings. The second-order valence-corrected chi connectivity index (χ2v) is 7.50. The minimum absolute atomic E-state index is 0.199.